The first-order chi connectivity index (χ1) is 33.7. The molecule has 4 amide bonds. The second-order valence-corrected chi connectivity index (χ2v) is 24.2. The zero-order chi connectivity index (χ0) is 53.7. The van der Waals surface area contributed by atoms with Crippen molar-refractivity contribution in [2.75, 3.05) is 6.26 Å². The number of hydrogen-bond donors (Lipinski definition) is 0. The number of rotatable bonds is 2. The van der Waals surface area contributed by atoms with Crippen molar-refractivity contribution in [2.45, 2.75) is 123 Å². The van der Waals surface area contributed by atoms with E-state index in [-0.39, 0.29) is 34.3 Å². The Morgan fingerprint density at radius 3 is 1.38 bits per heavy atom. The number of ether oxygens (including phenoxy) is 4. The highest BCUT2D eigenvalue weighted by Crippen LogP contribution is 2.41. The Labute approximate surface area is 426 Å². The van der Waals surface area contributed by atoms with E-state index < -0.39 is 68.4 Å². The number of fused-ring (bicyclic) bond motifs is 10. The van der Waals surface area contributed by atoms with Gasteiger partial charge in [0.25, 0.3) is 11.8 Å². The van der Waals surface area contributed by atoms with E-state index in [0.717, 1.165) is 21.4 Å². The standard InChI is InChI=1S/C30H31N3O7S.C23H24ClN3O5/c1-29(2,3)39-27(35)32-16-23-24(26(32)34)20-12-11-18-15-31-22(17-9-8-10-19(13-17)41(7,37)38)14-21(18)25(20)33(23)28(36)40-30(4,5)6;1-22(2,3)31-20(29)26-11-15-17(19(26)28)13-8-7-12-10-25-16(24)9-14(12)18(13)27(15)21(30)32-23(4,5)6/h8-15H,16H2,1-7H3;7-10H,11H2,1-6H3. The van der Waals surface area contributed by atoms with Crippen LogP contribution in [0.3, 0.4) is 0 Å². The summed E-state index contributed by atoms with van der Waals surface area (Å²) in [7, 11) is -3.45. The zero-order valence-electron chi connectivity index (χ0n) is 42.7. The van der Waals surface area contributed by atoms with Crippen LogP contribution in [0, 0.1) is 0 Å². The molecule has 0 atom stereocenters. The van der Waals surface area contributed by atoms with Crippen LogP contribution < -0.4 is 0 Å². The second kappa shape index (κ2) is 18.0. The summed E-state index contributed by atoms with van der Waals surface area (Å²) < 4.78 is 49.2. The Kier molecular flexibility index (Phi) is 12.8. The number of halogens is 1. The summed E-state index contributed by atoms with van der Waals surface area (Å²) in [5, 5.41) is 3.95. The molecule has 73 heavy (non-hydrogen) atoms. The largest absolute Gasteiger partial charge is 0.443 e. The lowest BCUT2D eigenvalue weighted by molar-refractivity contribution is 0.0227. The number of pyridine rings is 2. The fourth-order valence-corrected chi connectivity index (χ4v) is 9.37. The van der Waals surface area contributed by atoms with Crippen molar-refractivity contribution in [3.8, 4) is 11.3 Å². The maximum Gasteiger partial charge on any atom is 0.419 e. The summed E-state index contributed by atoms with van der Waals surface area (Å²) in [5.41, 5.74) is -0.0479. The van der Waals surface area contributed by atoms with Gasteiger partial charge in [0.05, 0.1) is 57.2 Å². The molecule has 4 aromatic heterocycles. The molecule has 9 rings (SSSR count). The van der Waals surface area contributed by atoms with Gasteiger partial charge in [0.15, 0.2) is 9.84 Å². The van der Waals surface area contributed by atoms with Crippen LogP contribution in [0.2, 0.25) is 5.15 Å². The number of carbonyl (C=O) groups is 6. The minimum atomic E-state index is -3.45. The predicted octanol–water partition coefficient (Wildman–Crippen LogP) is 11.5. The highest BCUT2D eigenvalue weighted by Gasteiger charge is 2.43. The molecule has 20 heteroatoms. The molecule has 0 spiro atoms. The average molecular weight is 1040 g/mol. The average Bonchev–Trinajstić information content (AvgIpc) is 3.98. The molecule has 3 aromatic carbocycles. The molecule has 0 bridgehead atoms. The summed E-state index contributed by atoms with van der Waals surface area (Å²) in [5.74, 6) is -1.10. The van der Waals surface area contributed by atoms with E-state index in [1.165, 1.54) is 15.2 Å². The number of imide groups is 2. The first-order valence-corrected chi connectivity index (χ1v) is 25.4. The molecule has 0 aliphatic carbocycles. The minimum absolute atomic E-state index is 0.114. The van der Waals surface area contributed by atoms with Gasteiger partial charge in [-0.25, -0.2) is 51.5 Å². The third kappa shape index (κ3) is 10.3. The maximum atomic E-state index is 13.7. The van der Waals surface area contributed by atoms with Gasteiger partial charge < -0.3 is 18.9 Å². The third-order valence-electron chi connectivity index (χ3n) is 11.3. The van der Waals surface area contributed by atoms with Gasteiger partial charge in [-0.15, -0.1) is 0 Å². The molecule has 2 aliphatic rings. The molecular formula is C53H55ClN6O12S. The Morgan fingerprint density at radius 2 is 0.959 bits per heavy atom. The van der Waals surface area contributed by atoms with Gasteiger partial charge in [-0.1, -0.05) is 48.0 Å². The summed E-state index contributed by atoms with van der Waals surface area (Å²) in [4.78, 5) is 90.2. The molecule has 0 N–H and O–H groups in total. The molecule has 0 unspecified atom stereocenters. The Bertz CT molecular complexity index is 3640. The van der Waals surface area contributed by atoms with Crippen LogP contribution in [0.1, 0.15) is 115 Å². The van der Waals surface area contributed by atoms with Crippen LogP contribution in [-0.2, 0) is 41.9 Å². The fraction of sp³-hybridized carbons (Fsp3) is 0.358. The van der Waals surface area contributed by atoms with Crippen LogP contribution in [0.5, 0.6) is 0 Å². The molecule has 18 nitrogen and oxygen atoms in total. The molecule has 0 saturated carbocycles. The van der Waals surface area contributed by atoms with Gasteiger partial charge in [-0.05, 0) is 107 Å². The van der Waals surface area contributed by atoms with E-state index in [0.29, 0.717) is 60.6 Å². The SMILES string of the molecule is CC(C)(C)OC(=O)N1Cc2c(c3ccc4cnc(-c5cccc(S(C)(=O)=O)c5)cc4c3n2C(=O)OC(C)(C)C)C1=O.CC(C)(C)OC(=O)N1Cc2c(c3ccc4cnc(Cl)cc4c3n2C(=O)OC(C)(C)C)C1=O. The van der Waals surface area contributed by atoms with Gasteiger partial charge >= 0.3 is 24.4 Å². The highest BCUT2D eigenvalue weighted by atomic mass is 35.5. The molecular weight excluding hydrogens is 980 g/mol. The topological polar surface area (TPSA) is 216 Å². The Balaban J connectivity index is 0.000000201. The van der Waals surface area contributed by atoms with Crippen molar-refractivity contribution in [3.05, 3.63) is 101 Å². The Hall–Kier alpha value is -7.38. The first-order valence-electron chi connectivity index (χ1n) is 23.2. The van der Waals surface area contributed by atoms with E-state index in [1.54, 1.807) is 150 Å². The minimum Gasteiger partial charge on any atom is -0.443 e. The number of sulfone groups is 1. The lowest BCUT2D eigenvalue weighted by Gasteiger charge is -2.24. The van der Waals surface area contributed by atoms with E-state index >= 15 is 0 Å². The van der Waals surface area contributed by atoms with Crippen LogP contribution in [0.4, 0.5) is 19.2 Å². The van der Waals surface area contributed by atoms with Crippen LogP contribution in [0.25, 0.3) is 54.6 Å². The van der Waals surface area contributed by atoms with Crippen molar-refractivity contribution in [2.24, 2.45) is 0 Å². The predicted molar refractivity (Wildman–Crippen MR) is 274 cm³/mol. The number of hydrogen-bond acceptors (Lipinski definition) is 14. The molecule has 0 saturated heterocycles. The van der Waals surface area contributed by atoms with E-state index in [2.05, 4.69) is 9.97 Å². The van der Waals surface area contributed by atoms with E-state index in [9.17, 15) is 37.2 Å². The van der Waals surface area contributed by atoms with Crippen molar-refractivity contribution in [3.63, 3.8) is 0 Å². The van der Waals surface area contributed by atoms with Crippen molar-refractivity contribution < 1.29 is 56.1 Å². The van der Waals surface area contributed by atoms with Crippen molar-refractivity contribution in [1.29, 1.82) is 0 Å². The second-order valence-electron chi connectivity index (χ2n) is 21.8. The number of nitrogens with zero attached hydrogens (tertiary/aromatic N) is 6. The van der Waals surface area contributed by atoms with Gasteiger partial charge in [0.2, 0.25) is 0 Å². The van der Waals surface area contributed by atoms with Gasteiger partial charge in [0.1, 0.15) is 27.6 Å². The monoisotopic (exact) mass is 1030 g/mol. The molecule has 2 aliphatic heterocycles. The molecule has 7 aromatic rings. The number of aromatic nitrogens is 4. The number of amides is 4. The van der Waals surface area contributed by atoms with Gasteiger partial charge in [-0.2, -0.15) is 0 Å². The summed E-state index contributed by atoms with van der Waals surface area (Å²) >= 11 is 6.13. The smallest absolute Gasteiger partial charge is 0.419 e. The highest BCUT2D eigenvalue weighted by molar-refractivity contribution is 7.90. The summed E-state index contributed by atoms with van der Waals surface area (Å²) in [6.07, 6.45) is 1.44. The molecule has 6 heterocycles. The van der Waals surface area contributed by atoms with Gasteiger partial charge in [0, 0.05) is 56.5 Å². The van der Waals surface area contributed by atoms with Crippen LogP contribution >= 0.6 is 11.6 Å². The molecule has 0 fully saturated rings. The van der Waals surface area contributed by atoms with Crippen LogP contribution in [-0.4, -0.2) is 102 Å². The lowest BCUT2D eigenvalue weighted by atomic mass is 10.0. The van der Waals surface area contributed by atoms with Crippen molar-refractivity contribution >= 4 is 101 Å². The van der Waals surface area contributed by atoms with Crippen molar-refractivity contribution in [1.82, 2.24) is 28.9 Å². The Morgan fingerprint density at radius 1 is 0.548 bits per heavy atom. The maximum absolute atomic E-state index is 13.7. The number of benzene rings is 3. The molecule has 0 radical (unpaired) electrons. The zero-order valence-corrected chi connectivity index (χ0v) is 44.3. The normalized spacial score (nSPS) is 14.1. The van der Waals surface area contributed by atoms with E-state index in [1.807, 2.05) is 0 Å². The van der Waals surface area contributed by atoms with Gasteiger partial charge in [-0.3, -0.25) is 14.6 Å². The lowest BCUT2D eigenvalue weighted by Crippen LogP contribution is -2.37. The van der Waals surface area contributed by atoms with Crippen LogP contribution in [0.15, 0.2) is 78.0 Å². The quantitative estimate of drug-likeness (QED) is 0.116. The summed E-state index contributed by atoms with van der Waals surface area (Å²) in [6, 6.07) is 16.9. The fourth-order valence-electron chi connectivity index (χ4n) is 8.55. The van der Waals surface area contributed by atoms with E-state index in [4.69, 9.17) is 30.5 Å². The summed E-state index contributed by atoms with van der Waals surface area (Å²) in [6.45, 7) is 20.5. The first kappa shape index (κ1) is 52.0. The number of carbonyl (C=O) groups excluding carboxylic acids is 6. The third-order valence-corrected chi connectivity index (χ3v) is 12.6. The molecule has 382 valence electrons.